The standard InChI is InChI=1S/C22H32N4O2/c1-16-7-8-18(21(13-16)28-6)14-24-22(23-2)25-15-20(26(3)4)17-9-11-19(27-5)12-10-17/h7-13,20H,14-15H2,1-6H3,(H2,23,24,25). The van der Waals surface area contributed by atoms with Gasteiger partial charge in [0.25, 0.3) is 0 Å². The number of hydrogen-bond donors (Lipinski definition) is 2. The van der Waals surface area contributed by atoms with E-state index in [9.17, 15) is 0 Å². The zero-order valence-electron chi connectivity index (χ0n) is 17.7. The van der Waals surface area contributed by atoms with Crippen LogP contribution in [0.5, 0.6) is 11.5 Å². The average Bonchev–Trinajstić information content (AvgIpc) is 2.71. The molecule has 0 saturated carbocycles. The lowest BCUT2D eigenvalue weighted by molar-refractivity contribution is 0.298. The number of aliphatic imine (C=N–C) groups is 1. The molecule has 0 amide bonds. The Morgan fingerprint density at radius 3 is 2.32 bits per heavy atom. The van der Waals surface area contributed by atoms with E-state index >= 15 is 0 Å². The van der Waals surface area contributed by atoms with Gasteiger partial charge in [0.05, 0.1) is 20.3 Å². The molecule has 0 aliphatic rings. The monoisotopic (exact) mass is 384 g/mol. The smallest absolute Gasteiger partial charge is 0.191 e. The summed E-state index contributed by atoms with van der Waals surface area (Å²) in [5.74, 6) is 2.49. The largest absolute Gasteiger partial charge is 0.497 e. The minimum Gasteiger partial charge on any atom is -0.497 e. The second kappa shape index (κ2) is 10.6. The van der Waals surface area contributed by atoms with Crippen LogP contribution in [-0.2, 0) is 6.54 Å². The average molecular weight is 385 g/mol. The summed E-state index contributed by atoms with van der Waals surface area (Å²) in [5, 5.41) is 6.79. The van der Waals surface area contributed by atoms with Crippen molar-refractivity contribution < 1.29 is 9.47 Å². The SMILES string of the molecule is CN=C(NCc1ccc(C)cc1OC)NCC(c1ccc(OC)cc1)N(C)C. The van der Waals surface area contributed by atoms with E-state index in [0.29, 0.717) is 6.54 Å². The Labute approximate surface area is 168 Å². The molecule has 152 valence electrons. The van der Waals surface area contributed by atoms with Crippen LogP contribution in [-0.4, -0.2) is 52.8 Å². The predicted octanol–water partition coefficient (Wildman–Crippen LogP) is 2.98. The first kappa shape index (κ1) is 21.6. The van der Waals surface area contributed by atoms with E-state index in [4.69, 9.17) is 9.47 Å². The van der Waals surface area contributed by atoms with Crippen molar-refractivity contribution in [2.24, 2.45) is 4.99 Å². The van der Waals surface area contributed by atoms with Gasteiger partial charge in [0.2, 0.25) is 0 Å². The van der Waals surface area contributed by atoms with Crippen LogP contribution in [0.25, 0.3) is 0 Å². The molecule has 6 nitrogen and oxygen atoms in total. The number of hydrogen-bond acceptors (Lipinski definition) is 4. The quantitative estimate of drug-likeness (QED) is 0.541. The highest BCUT2D eigenvalue weighted by atomic mass is 16.5. The molecule has 1 atom stereocenters. The molecule has 0 bridgehead atoms. The Kier molecular flexibility index (Phi) is 8.14. The molecule has 0 aliphatic heterocycles. The minimum atomic E-state index is 0.207. The van der Waals surface area contributed by atoms with Gasteiger partial charge in [0.1, 0.15) is 11.5 Å². The van der Waals surface area contributed by atoms with E-state index in [0.717, 1.165) is 29.6 Å². The Bertz CT molecular complexity index is 773. The van der Waals surface area contributed by atoms with Crippen molar-refractivity contribution in [1.82, 2.24) is 15.5 Å². The van der Waals surface area contributed by atoms with Gasteiger partial charge in [-0.3, -0.25) is 4.99 Å². The van der Waals surface area contributed by atoms with Gasteiger partial charge in [0, 0.05) is 25.7 Å². The molecule has 2 aromatic rings. The summed E-state index contributed by atoms with van der Waals surface area (Å²) in [7, 11) is 9.30. The molecule has 0 aliphatic carbocycles. The van der Waals surface area contributed by atoms with Crippen molar-refractivity contribution in [2.75, 3.05) is 41.9 Å². The first-order valence-corrected chi connectivity index (χ1v) is 9.37. The van der Waals surface area contributed by atoms with E-state index in [1.54, 1.807) is 21.3 Å². The van der Waals surface area contributed by atoms with Gasteiger partial charge in [-0.25, -0.2) is 0 Å². The molecule has 0 saturated heterocycles. The fourth-order valence-electron chi connectivity index (χ4n) is 3.02. The second-order valence-corrected chi connectivity index (χ2v) is 6.87. The van der Waals surface area contributed by atoms with Crippen molar-refractivity contribution in [3.8, 4) is 11.5 Å². The summed E-state index contributed by atoms with van der Waals surface area (Å²) in [5.41, 5.74) is 3.49. The highest BCUT2D eigenvalue weighted by Gasteiger charge is 2.15. The maximum Gasteiger partial charge on any atom is 0.191 e. The van der Waals surface area contributed by atoms with Crippen LogP contribution in [0.15, 0.2) is 47.5 Å². The van der Waals surface area contributed by atoms with Crippen LogP contribution in [0.4, 0.5) is 0 Å². The Morgan fingerprint density at radius 2 is 1.75 bits per heavy atom. The van der Waals surface area contributed by atoms with Gasteiger partial charge in [-0.1, -0.05) is 24.3 Å². The van der Waals surface area contributed by atoms with E-state index in [-0.39, 0.29) is 6.04 Å². The Hall–Kier alpha value is -2.73. The van der Waals surface area contributed by atoms with Crippen molar-refractivity contribution >= 4 is 5.96 Å². The minimum absolute atomic E-state index is 0.207. The number of ether oxygens (including phenoxy) is 2. The van der Waals surface area contributed by atoms with Crippen LogP contribution < -0.4 is 20.1 Å². The number of nitrogens with one attached hydrogen (secondary N) is 2. The highest BCUT2D eigenvalue weighted by Crippen LogP contribution is 2.21. The lowest BCUT2D eigenvalue weighted by Gasteiger charge is -2.26. The molecule has 2 aromatic carbocycles. The number of aryl methyl sites for hydroxylation is 1. The number of likely N-dealkylation sites (N-methyl/N-ethyl adjacent to an activating group) is 1. The van der Waals surface area contributed by atoms with Crippen molar-refractivity contribution in [3.63, 3.8) is 0 Å². The van der Waals surface area contributed by atoms with Crippen molar-refractivity contribution in [3.05, 3.63) is 59.2 Å². The van der Waals surface area contributed by atoms with Crippen LogP contribution in [0.1, 0.15) is 22.7 Å². The predicted molar refractivity (Wildman–Crippen MR) is 115 cm³/mol. The van der Waals surface area contributed by atoms with Crippen LogP contribution in [0.3, 0.4) is 0 Å². The summed E-state index contributed by atoms with van der Waals surface area (Å²) in [6.07, 6.45) is 0. The number of methoxy groups -OCH3 is 2. The third-order valence-corrected chi connectivity index (χ3v) is 4.70. The molecule has 0 spiro atoms. The van der Waals surface area contributed by atoms with E-state index in [1.165, 1.54) is 11.1 Å². The maximum absolute atomic E-state index is 5.48. The molecule has 1 unspecified atom stereocenters. The Balaban J connectivity index is 1.99. The second-order valence-electron chi connectivity index (χ2n) is 6.87. The van der Waals surface area contributed by atoms with Crippen LogP contribution in [0, 0.1) is 6.92 Å². The summed E-state index contributed by atoms with van der Waals surface area (Å²) >= 11 is 0. The van der Waals surface area contributed by atoms with E-state index < -0.39 is 0 Å². The lowest BCUT2D eigenvalue weighted by atomic mass is 10.1. The number of guanidine groups is 1. The van der Waals surface area contributed by atoms with Gasteiger partial charge in [-0.15, -0.1) is 0 Å². The van der Waals surface area contributed by atoms with E-state index in [1.807, 2.05) is 18.2 Å². The molecule has 0 fully saturated rings. The van der Waals surface area contributed by atoms with Gasteiger partial charge in [-0.2, -0.15) is 0 Å². The first-order valence-electron chi connectivity index (χ1n) is 9.37. The topological polar surface area (TPSA) is 58.1 Å². The molecular weight excluding hydrogens is 352 g/mol. The highest BCUT2D eigenvalue weighted by molar-refractivity contribution is 5.79. The molecule has 2 N–H and O–H groups in total. The van der Waals surface area contributed by atoms with Crippen LogP contribution >= 0.6 is 0 Å². The number of rotatable bonds is 8. The third-order valence-electron chi connectivity index (χ3n) is 4.70. The fourth-order valence-corrected chi connectivity index (χ4v) is 3.02. The summed E-state index contributed by atoms with van der Waals surface area (Å²) in [6.45, 7) is 3.42. The molecule has 28 heavy (non-hydrogen) atoms. The molecular formula is C22H32N4O2. The van der Waals surface area contributed by atoms with Gasteiger partial charge in [-0.05, 0) is 50.3 Å². The number of benzene rings is 2. The molecule has 6 heteroatoms. The zero-order chi connectivity index (χ0) is 20.5. The molecule has 0 aromatic heterocycles. The lowest BCUT2D eigenvalue weighted by Crippen LogP contribution is -2.41. The normalized spacial score (nSPS) is 12.6. The summed E-state index contributed by atoms with van der Waals surface area (Å²) < 4.78 is 10.7. The maximum atomic E-state index is 5.48. The molecule has 0 heterocycles. The summed E-state index contributed by atoms with van der Waals surface area (Å²) in [4.78, 5) is 6.53. The van der Waals surface area contributed by atoms with E-state index in [2.05, 4.69) is 65.8 Å². The third kappa shape index (κ3) is 5.89. The van der Waals surface area contributed by atoms with Crippen molar-refractivity contribution in [2.45, 2.75) is 19.5 Å². The first-order chi connectivity index (χ1) is 13.5. The zero-order valence-corrected chi connectivity index (χ0v) is 17.7. The molecule has 0 radical (unpaired) electrons. The summed E-state index contributed by atoms with van der Waals surface area (Å²) in [6, 6.07) is 14.6. The number of nitrogens with zero attached hydrogens (tertiary/aromatic N) is 2. The molecule has 2 rings (SSSR count). The fraction of sp³-hybridized carbons (Fsp3) is 0.409. The Morgan fingerprint density at radius 1 is 1.04 bits per heavy atom. The van der Waals surface area contributed by atoms with Crippen molar-refractivity contribution in [1.29, 1.82) is 0 Å². The van der Waals surface area contributed by atoms with Crippen LogP contribution in [0.2, 0.25) is 0 Å². The van der Waals surface area contributed by atoms with Gasteiger partial charge in [0.15, 0.2) is 5.96 Å². The van der Waals surface area contributed by atoms with Gasteiger partial charge >= 0.3 is 0 Å². The van der Waals surface area contributed by atoms with Gasteiger partial charge < -0.3 is 25.0 Å².